The van der Waals surface area contributed by atoms with Gasteiger partial charge in [0.15, 0.2) is 11.5 Å². The first-order valence-corrected chi connectivity index (χ1v) is 15.5. The summed E-state index contributed by atoms with van der Waals surface area (Å²) >= 11 is 0. The van der Waals surface area contributed by atoms with E-state index < -0.39 is 27.1 Å². The zero-order chi connectivity index (χ0) is 31.2. The van der Waals surface area contributed by atoms with E-state index in [2.05, 4.69) is 15.0 Å². The number of hydrogen-bond acceptors (Lipinski definition) is 9. The van der Waals surface area contributed by atoms with E-state index in [-0.39, 0.29) is 47.5 Å². The maximum Gasteiger partial charge on any atom is 0.335 e. The monoisotopic (exact) mass is 605 g/mol. The zero-order valence-corrected chi connectivity index (χ0v) is 26.1. The summed E-state index contributed by atoms with van der Waals surface area (Å²) in [5.74, 6) is -1.07. The molecule has 1 aromatic carbocycles. The van der Waals surface area contributed by atoms with E-state index in [9.17, 15) is 23.1 Å². The summed E-state index contributed by atoms with van der Waals surface area (Å²) in [4.78, 5) is 37.6. The number of fused-ring (bicyclic) bond motifs is 1. The Labute approximate surface area is 246 Å². The number of aromatic amines is 1. The van der Waals surface area contributed by atoms with Crippen molar-refractivity contribution in [3.63, 3.8) is 0 Å². The topological polar surface area (TPSA) is 177 Å². The van der Waals surface area contributed by atoms with Gasteiger partial charge in [0.05, 0.1) is 17.1 Å². The predicted molar refractivity (Wildman–Crippen MR) is 161 cm³/mol. The van der Waals surface area contributed by atoms with Crippen molar-refractivity contribution in [1.29, 1.82) is 0 Å². The van der Waals surface area contributed by atoms with Gasteiger partial charge in [0.25, 0.3) is 0 Å². The number of H-pyrrole nitrogens is 1. The molecule has 232 valence electrons. The van der Waals surface area contributed by atoms with Crippen LogP contribution in [-0.4, -0.2) is 88.6 Å². The number of nitrogens with zero attached hydrogens (tertiary/aromatic N) is 5. The minimum atomic E-state index is -4.03. The fraction of sp³-hybridized carbons (Fsp3) is 0.571. The highest BCUT2D eigenvalue weighted by Gasteiger charge is 2.32. The van der Waals surface area contributed by atoms with Gasteiger partial charge in [-0.3, -0.25) is 4.57 Å². The summed E-state index contributed by atoms with van der Waals surface area (Å²) < 4.78 is 36.4. The largest absolute Gasteiger partial charge is 0.478 e. The van der Waals surface area contributed by atoms with Crippen molar-refractivity contribution in [3.8, 4) is 6.01 Å². The van der Waals surface area contributed by atoms with E-state index in [1.807, 2.05) is 39.8 Å². The molecule has 3 rings (SSSR count). The summed E-state index contributed by atoms with van der Waals surface area (Å²) in [5, 5.41) is 9.56. The second kappa shape index (κ2) is 13.7. The van der Waals surface area contributed by atoms with Crippen LogP contribution in [0.1, 0.15) is 62.4 Å². The fourth-order valence-electron chi connectivity index (χ4n) is 5.10. The molecule has 0 fully saturated rings. The lowest BCUT2D eigenvalue weighted by atomic mass is 9.93. The number of carboxylic acid groups (broad SMARTS) is 1. The highest BCUT2D eigenvalue weighted by molar-refractivity contribution is 7.89. The van der Waals surface area contributed by atoms with Crippen LogP contribution in [0, 0.1) is 12.3 Å². The molecule has 0 atom stereocenters. The summed E-state index contributed by atoms with van der Waals surface area (Å²) in [5.41, 5.74) is 6.05. The average Bonchev–Trinajstić information content (AvgIpc) is 3.20. The number of sulfonamides is 1. The third-order valence-electron chi connectivity index (χ3n) is 6.88. The molecule has 0 saturated heterocycles. The number of aryl methyl sites for hydroxylation is 1. The lowest BCUT2D eigenvalue weighted by Crippen LogP contribution is -2.43. The Morgan fingerprint density at radius 1 is 1.17 bits per heavy atom. The molecule has 0 aliphatic carbocycles. The number of ether oxygens (including phenoxy) is 1. The van der Waals surface area contributed by atoms with Crippen LogP contribution >= 0.6 is 0 Å². The molecule has 2 heterocycles. The Bertz CT molecular complexity index is 1560. The molecule has 0 bridgehead atoms. The SMILES string of the molecule is CCCCOc1nc(N)c2[nH]c(=O)n(CCCCN(CC(C)(C)CN(C)C)S(=O)(=O)c3cccc(C(=O)O)c3C)c2n1. The van der Waals surface area contributed by atoms with Crippen LogP contribution < -0.4 is 16.2 Å². The van der Waals surface area contributed by atoms with Crippen molar-refractivity contribution in [2.75, 3.05) is 46.1 Å². The third-order valence-corrected chi connectivity index (χ3v) is 8.87. The van der Waals surface area contributed by atoms with E-state index in [0.717, 1.165) is 12.8 Å². The van der Waals surface area contributed by atoms with Gasteiger partial charge in [0, 0.05) is 26.2 Å². The molecule has 0 saturated carbocycles. The summed E-state index contributed by atoms with van der Waals surface area (Å²) in [6, 6.07) is 4.38. The van der Waals surface area contributed by atoms with Gasteiger partial charge in [-0.25, -0.2) is 18.0 Å². The molecule has 0 radical (unpaired) electrons. The summed E-state index contributed by atoms with van der Waals surface area (Å²) in [6.45, 7) is 9.27. The number of rotatable bonds is 16. The molecule has 14 heteroatoms. The quantitative estimate of drug-likeness (QED) is 0.206. The van der Waals surface area contributed by atoms with Gasteiger partial charge >= 0.3 is 17.7 Å². The lowest BCUT2D eigenvalue weighted by Gasteiger charge is -2.34. The Morgan fingerprint density at radius 3 is 2.52 bits per heavy atom. The van der Waals surface area contributed by atoms with Gasteiger partial charge in [-0.2, -0.15) is 14.3 Å². The number of nitrogens with two attached hydrogens (primary N) is 1. The maximum atomic E-state index is 13.9. The van der Waals surface area contributed by atoms with Crippen LogP contribution in [0.25, 0.3) is 11.2 Å². The van der Waals surface area contributed by atoms with Gasteiger partial charge < -0.3 is 25.5 Å². The van der Waals surface area contributed by atoms with Crippen molar-refractivity contribution >= 4 is 33.0 Å². The molecule has 0 aliphatic rings. The zero-order valence-electron chi connectivity index (χ0n) is 25.3. The molecule has 13 nitrogen and oxygen atoms in total. The summed E-state index contributed by atoms with van der Waals surface area (Å²) in [6.07, 6.45) is 2.67. The number of aromatic nitrogens is 4. The number of imidazole rings is 1. The molecule has 2 aromatic heterocycles. The van der Waals surface area contributed by atoms with Crippen LogP contribution in [0.2, 0.25) is 0 Å². The van der Waals surface area contributed by atoms with Crippen molar-refractivity contribution in [1.82, 2.24) is 28.7 Å². The van der Waals surface area contributed by atoms with Crippen molar-refractivity contribution in [3.05, 3.63) is 39.8 Å². The smallest absolute Gasteiger partial charge is 0.335 e. The first-order chi connectivity index (χ1) is 19.7. The highest BCUT2D eigenvalue weighted by atomic mass is 32.2. The van der Waals surface area contributed by atoms with Gasteiger partial charge in [-0.05, 0) is 63.4 Å². The summed E-state index contributed by atoms with van der Waals surface area (Å²) in [7, 11) is -0.179. The molecule has 0 unspecified atom stereocenters. The standard InChI is InChI=1S/C28H43N7O6S/c1-7-8-16-41-26-31-23(29)22-24(32-26)35(27(38)30-22)15-10-9-14-34(18-28(3,4)17-33(5)6)42(39,40)21-13-11-12-20(19(21)2)25(36)37/h11-13H,7-10,14-18H2,1-6H3,(H,30,38)(H,36,37)(H2,29,31,32). The van der Waals surface area contributed by atoms with Crippen LogP contribution in [-0.2, 0) is 16.6 Å². The number of aromatic carboxylic acids is 1. The number of anilines is 1. The molecular weight excluding hydrogens is 562 g/mol. The first kappa shape index (κ1) is 33.0. The molecule has 0 aliphatic heterocycles. The van der Waals surface area contributed by atoms with Crippen molar-refractivity contribution < 1.29 is 23.1 Å². The van der Waals surface area contributed by atoms with Gasteiger partial charge in [-0.15, -0.1) is 0 Å². The number of nitrogen functional groups attached to an aromatic ring is 1. The molecule has 4 N–H and O–H groups in total. The van der Waals surface area contributed by atoms with E-state index in [1.54, 1.807) is 0 Å². The number of benzene rings is 1. The second-order valence-corrected chi connectivity index (χ2v) is 13.5. The molecule has 0 spiro atoms. The van der Waals surface area contributed by atoms with Crippen LogP contribution in [0.4, 0.5) is 5.82 Å². The van der Waals surface area contributed by atoms with Crippen LogP contribution in [0.3, 0.4) is 0 Å². The molecule has 42 heavy (non-hydrogen) atoms. The van der Waals surface area contributed by atoms with Gasteiger partial charge in [0.2, 0.25) is 10.0 Å². The van der Waals surface area contributed by atoms with Gasteiger partial charge in [0.1, 0.15) is 5.52 Å². The normalized spacial score (nSPS) is 12.5. The number of hydrogen-bond donors (Lipinski definition) is 3. The van der Waals surface area contributed by atoms with E-state index in [0.29, 0.717) is 37.2 Å². The number of carboxylic acids is 1. The van der Waals surface area contributed by atoms with Crippen molar-refractivity contribution in [2.24, 2.45) is 5.41 Å². The second-order valence-electron chi connectivity index (χ2n) is 11.6. The molecular formula is C28H43N7O6S. The van der Waals surface area contributed by atoms with E-state index in [1.165, 1.54) is 34.0 Å². The average molecular weight is 606 g/mol. The lowest BCUT2D eigenvalue weighted by molar-refractivity contribution is 0.0695. The van der Waals surface area contributed by atoms with Crippen LogP contribution in [0.15, 0.2) is 27.9 Å². The Morgan fingerprint density at radius 2 is 1.88 bits per heavy atom. The van der Waals surface area contributed by atoms with Crippen molar-refractivity contribution in [2.45, 2.75) is 64.8 Å². The molecule has 3 aromatic rings. The number of nitrogens with one attached hydrogen (secondary N) is 1. The van der Waals surface area contributed by atoms with Crippen LogP contribution in [0.5, 0.6) is 6.01 Å². The number of carbonyl (C=O) groups is 1. The highest BCUT2D eigenvalue weighted by Crippen LogP contribution is 2.27. The first-order valence-electron chi connectivity index (χ1n) is 14.0. The molecule has 0 amide bonds. The van der Waals surface area contributed by atoms with Gasteiger partial charge in [-0.1, -0.05) is 33.3 Å². The van der Waals surface area contributed by atoms with E-state index in [4.69, 9.17) is 10.5 Å². The predicted octanol–water partition coefficient (Wildman–Crippen LogP) is 2.95. The Kier molecular flexibility index (Phi) is 10.7. The Balaban J connectivity index is 1.85. The number of unbranched alkanes of at least 4 members (excludes halogenated alkanes) is 2. The Hall–Kier alpha value is -3.49. The minimum absolute atomic E-state index is 0.0290. The van der Waals surface area contributed by atoms with E-state index >= 15 is 0 Å². The minimum Gasteiger partial charge on any atom is -0.478 e. The third kappa shape index (κ3) is 7.86. The maximum absolute atomic E-state index is 13.9. The fourth-order valence-corrected chi connectivity index (χ4v) is 7.02.